The van der Waals surface area contributed by atoms with Crippen molar-refractivity contribution in [2.75, 3.05) is 5.75 Å². The maximum Gasteiger partial charge on any atom is 0.219 e. The SMILES string of the molecule is CCC.CCCSC(=O)c1ccc(C=O)cc1. The predicted octanol–water partition coefficient (Wildman–Crippen LogP) is 4.20. The molecule has 17 heavy (non-hydrogen) atoms. The number of hydrogen-bond acceptors (Lipinski definition) is 3. The molecule has 94 valence electrons. The fourth-order valence-electron chi connectivity index (χ4n) is 0.976. The summed E-state index contributed by atoms with van der Waals surface area (Å²) in [5.74, 6) is 0.842. The summed E-state index contributed by atoms with van der Waals surface area (Å²) in [6, 6.07) is 6.70. The minimum absolute atomic E-state index is 0.0734. The first kappa shape index (κ1) is 15.9. The molecule has 1 aromatic carbocycles. The predicted molar refractivity (Wildman–Crippen MR) is 74.9 cm³/mol. The van der Waals surface area contributed by atoms with Crippen molar-refractivity contribution in [2.45, 2.75) is 33.6 Å². The lowest BCUT2D eigenvalue weighted by Gasteiger charge is -1.99. The van der Waals surface area contributed by atoms with Gasteiger partial charge in [-0.15, -0.1) is 0 Å². The molecular formula is C14H20O2S. The van der Waals surface area contributed by atoms with Crippen LogP contribution in [0.2, 0.25) is 0 Å². The van der Waals surface area contributed by atoms with Gasteiger partial charge in [-0.1, -0.05) is 51.1 Å². The summed E-state index contributed by atoms with van der Waals surface area (Å²) in [4.78, 5) is 21.8. The molecule has 0 aliphatic heterocycles. The molecule has 0 saturated carbocycles. The van der Waals surface area contributed by atoms with E-state index in [0.29, 0.717) is 11.1 Å². The molecule has 0 amide bonds. The van der Waals surface area contributed by atoms with E-state index in [1.54, 1.807) is 24.3 Å². The van der Waals surface area contributed by atoms with Crippen LogP contribution < -0.4 is 0 Å². The monoisotopic (exact) mass is 252 g/mol. The highest BCUT2D eigenvalue weighted by Gasteiger charge is 2.04. The lowest BCUT2D eigenvalue weighted by Crippen LogP contribution is -1.94. The molecule has 0 heterocycles. The molecular weight excluding hydrogens is 232 g/mol. The second kappa shape index (κ2) is 10.1. The van der Waals surface area contributed by atoms with Gasteiger partial charge in [0.15, 0.2) is 0 Å². The molecule has 0 aromatic heterocycles. The van der Waals surface area contributed by atoms with Crippen LogP contribution >= 0.6 is 11.8 Å². The van der Waals surface area contributed by atoms with E-state index < -0.39 is 0 Å². The molecule has 0 saturated heterocycles. The Morgan fingerprint density at radius 2 is 1.71 bits per heavy atom. The van der Waals surface area contributed by atoms with Gasteiger partial charge >= 0.3 is 0 Å². The Kier molecular flexibility index (Phi) is 9.44. The third kappa shape index (κ3) is 6.95. The van der Waals surface area contributed by atoms with Crippen LogP contribution in [0.15, 0.2) is 24.3 Å². The number of thioether (sulfide) groups is 1. The van der Waals surface area contributed by atoms with Crippen LogP contribution in [0.1, 0.15) is 54.3 Å². The number of carbonyl (C=O) groups excluding carboxylic acids is 2. The van der Waals surface area contributed by atoms with Crippen LogP contribution in [-0.2, 0) is 0 Å². The van der Waals surface area contributed by atoms with E-state index in [4.69, 9.17) is 0 Å². The van der Waals surface area contributed by atoms with E-state index in [0.717, 1.165) is 18.5 Å². The van der Waals surface area contributed by atoms with Crippen molar-refractivity contribution in [3.8, 4) is 0 Å². The van der Waals surface area contributed by atoms with Crippen molar-refractivity contribution in [3.05, 3.63) is 35.4 Å². The first-order valence-corrected chi connectivity index (χ1v) is 6.90. The van der Waals surface area contributed by atoms with Gasteiger partial charge in [-0.2, -0.15) is 0 Å². The summed E-state index contributed by atoms with van der Waals surface area (Å²) < 4.78 is 0. The summed E-state index contributed by atoms with van der Waals surface area (Å²) in [7, 11) is 0. The zero-order chi connectivity index (χ0) is 13.1. The fraction of sp³-hybridized carbons (Fsp3) is 0.429. The van der Waals surface area contributed by atoms with Crippen LogP contribution in [0.5, 0.6) is 0 Å². The highest BCUT2D eigenvalue weighted by atomic mass is 32.2. The molecule has 0 N–H and O–H groups in total. The van der Waals surface area contributed by atoms with E-state index in [1.165, 1.54) is 18.2 Å². The molecule has 0 aliphatic carbocycles. The van der Waals surface area contributed by atoms with Crippen molar-refractivity contribution in [3.63, 3.8) is 0 Å². The highest BCUT2D eigenvalue weighted by molar-refractivity contribution is 8.14. The number of carbonyl (C=O) groups is 2. The van der Waals surface area contributed by atoms with Crippen LogP contribution in [-0.4, -0.2) is 17.2 Å². The average molecular weight is 252 g/mol. The molecule has 0 fully saturated rings. The Labute approximate surface area is 108 Å². The Morgan fingerprint density at radius 1 is 1.18 bits per heavy atom. The van der Waals surface area contributed by atoms with E-state index in [-0.39, 0.29) is 5.12 Å². The van der Waals surface area contributed by atoms with Crippen LogP contribution in [0.25, 0.3) is 0 Å². The number of rotatable bonds is 4. The molecule has 0 unspecified atom stereocenters. The maximum absolute atomic E-state index is 11.5. The Hall–Kier alpha value is -1.09. The van der Waals surface area contributed by atoms with Gasteiger partial charge in [0, 0.05) is 16.9 Å². The second-order valence-corrected chi connectivity index (χ2v) is 4.65. The molecule has 0 bridgehead atoms. The fourth-order valence-corrected chi connectivity index (χ4v) is 1.67. The van der Waals surface area contributed by atoms with Gasteiger partial charge in [-0.25, -0.2) is 0 Å². The molecule has 1 aromatic rings. The van der Waals surface area contributed by atoms with E-state index in [1.807, 2.05) is 6.92 Å². The molecule has 0 radical (unpaired) electrons. The van der Waals surface area contributed by atoms with Crippen molar-refractivity contribution >= 4 is 23.2 Å². The largest absolute Gasteiger partial charge is 0.298 e. The maximum atomic E-state index is 11.5. The van der Waals surface area contributed by atoms with Gasteiger partial charge in [0.2, 0.25) is 5.12 Å². The van der Waals surface area contributed by atoms with Gasteiger partial charge in [-0.05, 0) is 18.6 Å². The van der Waals surface area contributed by atoms with Gasteiger partial charge in [0.05, 0.1) is 0 Å². The highest BCUT2D eigenvalue weighted by Crippen LogP contribution is 2.13. The van der Waals surface area contributed by atoms with Crippen molar-refractivity contribution < 1.29 is 9.59 Å². The molecule has 0 atom stereocenters. The first-order valence-electron chi connectivity index (χ1n) is 5.91. The Bertz CT molecular complexity index is 331. The smallest absolute Gasteiger partial charge is 0.219 e. The summed E-state index contributed by atoms with van der Waals surface area (Å²) in [6.07, 6.45) is 3.01. The van der Waals surface area contributed by atoms with Crippen molar-refractivity contribution in [1.29, 1.82) is 0 Å². The van der Waals surface area contributed by atoms with Gasteiger partial charge in [0.1, 0.15) is 6.29 Å². The normalized spacial score (nSPS) is 9.12. The van der Waals surface area contributed by atoms with Gasteiger partial charge < -0.3 is 0 Å². The topological polar surface area (TPSA) is 34.1 Å². The van der Waals surface area contributed by atoms with Gasteiger partial charge in [0.25, 0.3) is 0 Å². The lowest BCUT2D eigenvalue weighted by atomic mass is 10.2. The van der Waals surface area contributed by atoms with E-state index in [9.17, 15) is 9.59 Å². The van der Waals surface area contributed by atoms with E-state index >= 15 is 0 Å². The van der Waals surface area contributed by atoms with Crippen molar-refractivity contribution in [2.24, 2.45) is 0 Å². The quantitative estimate of drug-likeness (QED) is 0.753. The third-order valence-electron chi connectivity index (χ3n) is 1.72. The summed E-state index contributed by atoms with van der Waals surface area (Å²) >= 11 is 1.32. The van der Waals surface area contributed by atoms with Crippen LogP contribution in [0.4, 0.5) is 0 Å². The lowest BCUT2D eigenvalue weighted by molar-refractivity contribution is 0.108. The third-order valence-corrected chi connectivity index (χ3v) is 2.83. The molecule has 2 nitrogen and oxygen atoms in total. The first-order chi connectivity index (χ1) is 8.19. The summed E-state index contributed by atoms with van der Waals surface area (Å²) in [5.41, 5.74) is 1.26. The molecule has 3 heteroatoms. The minimum Gasteiger partial charge on any atom is -0.298 e. The summed E-state index contributed by atoms with van der Waals surface area (Å²) in [5, 5.41) is 0.0734. The Balaban J connectivity index is 0.000000770. The van der Waals surface area contributed by atoms with Crippen molar-refractivity contribution in [1.82, 2.24) is 0 Å². The number of hydrogen-bond donors (Lipinski definition) is 0. The zero-order valence-corrected chi connectivity index (χ0v) is 11.5. The minimum atomic E-state index is 0.0734. The van der Waals surface area contributed by atoms with E-state index in [2.05, 4.69) is 13.8 Å². The van der Waals surface area contributed by atoms with Crippen LogP contribution in [0, 0.1) is 0 Å². The number of aldehydes is 1. The molecule has 1 rings (SSSR count). The zero-order valence-electron chi connectivity index (χ0n) is 10.7. The van der Waals surface area contributed by atoms with Gasteiger partial charge in [-0.3, -0.25) is 9.59 Å². The molecule has 0 aliphatic rings. The number of benzene rings is 1. The summed E-state index contributed by atoms with van der Waals surface area (Å²) in [6.45, 7) is 6.29. The second-order valence-electron chi connectivity index (χ2n) is 3.58. The van der Waals surface area contributed by atoms with Crippen LogP contribution in [0.3, 0.4) is 0 Å². The standard InChI is InChI=1S/C11H12O2S.C3H8/c1-2-7-14-11(13)10-5-3-9(8-12)4-6-10;1-3-2/h3-6,8H,2,7H2,1H3;3H2,1-2H3. The Morgan fingerprint density at radius 3 is 2.12 bits per heavy atom. The molecule has 0 spiro atoms. The average Bonchev–Trinajstić information content (AvgIpc) is 2.37.